The average Bonchev–Trinajstić information content (AvgIpc) is 3.47. The summed E-state index contributed by atoms with van der Waals surface area (Å²) in [5.41, 5.74) is 11.0. The molecule has 0 unspecified atom stereocenters. The van der Waals surface area contributed by atoms with Crippen LogP contribution in [0, 0.1) is 0 Å². The van der Waals surface area contributed by atoms with Gasteiger partial charge < -0.3 is 4.42 Å². The summed E-state index contributed by atoms with van der Waals surface area (Å²) in [7, 11) is 0. The molecule has 8 rings (SSSR count). The highest BCUT2D eigenvalue weighted by molar-refractivity contribution is 6.06. The van der Waals surface area contributed by atoms with Crippen molar-refractivity contribution in [2.24, 2.45) is 0 Å². The predicted octanol–water partition coefficient (Wildman–Crippen LogP) is 10.1. The molecule has 0 aliphatic rings. The molecule has 0 spiro atoms. The quantitative estimate of drug-likeness (QED) is 0.214. The van der Waals surface area contributed by atoms with Crippen molar-refractivity contribution >= 4 is 21.9 Å². The van der Waals surface area contributed by atoms with Crippen LogP contribution in [0.1, 0.15) is 0 Å². The minimum atomic E-state index is 0.796. The first kappa shape index (κ1) is 24.9. The van der Waals surface area contributed by atoms with Gasteiger partial charge in [-0.3, -0.25) is 4.98 Å². The number of fused-ring (bicyclic) bond motifs is 3. The smallest absolute Gasteiger partial charge is 0.136 e. The largest absolute Gasteiger partial charge is 0.456 e. The van der Waals surface area contributed by atoms with E-state index in [1.165, 1.54) is 0 Å². The van der Waals surface area contributed by atoms with Gasteiger partial charge in [-0.15, -0.1) is 0 Å². The molecule has 0 aliphatic heterocycles. The summed E-state index contributed by atoms with van der Waals surface area (Å²) >= 11 is 0. The number of furan rings is 1. The number of aromatic nitrogens is 3. The first-order chi connectivity index (χ1) is 21.3. The summed E-state index contributed by atoms with van der Waals surface area (Å²) in [6.45, 7) is 0. The van der Waals surface area contributed by atoms with Gasteiger partial charge in [0.1, 0.15) is 11.2 Å². The normalized spacial score (nSPS) is 11.3. The van der Waals surface area contributed by atoms with Crippen LogP contribution in [0.3, 0.4) is 0 Å². The Morgan fingerprint density at radius 1 is 0.372 bits per heavy atom. The second kappa shape index (κ2) is 10.5. The lowest BCUT2D eigenvalue weighted by Crippen LogP contribution is -2.01. The van der Waals surface area contributed by atoms with E-state index in [2.05, 4.69) is 83.8 Å². The summed E-state index contributed by atoms with van der Waals surface area (Å²) < 4.78 is 6.29. The number of hydrogen-bond acceptors (Lipinski definition) is 4. The lowest BCUT2D eigenvalue weighted by Gasteiger charge is -2.16. The first-order valence-electron chi connectivity index (χ1n) is 14.3. The molecule has 4 nitrogen and oxygen atoms in total. The molecule has 202 valence electrons. The van der Waals surface area contributed by atoms with Gasteiger partial charge in [-0.1, -0.05) is 109 Å². The number of para-hydroxylation sites is 1. The van der Waals surface area contributed by atoms with E-state index in [1.807, 2.05) is 66.9 Å². The fourth-order valence-corrected chi connectivity index (χ4v) is 5.69. The van der Waals surface area contributed by atoms with Crippen molar-refractivity contribution in [1.82, 2.24) is 15.0 Å². The van der Waals surface area contributed by atoms with Gasteiger partial charge in [0.15, 0.2) is 0 Å². The molecule has 5 aromatic carbocycles. The fraction of sp³-hybridized carbons (Fsp3) is 0. The summed E-state index contributed by atoms with van der Waals surface area (Å²) in [4.78, 5) is 15.2. The molecular formula is C39H25N3O. The minimum absolute atomic E-state index is 0.796. The van der Waals surface area contributed by atoms with Crippen LogP contribution in [0.4, 0.5) is 0 Å². The van der Waals surface area contributed by atoms with Gasteiger partial charge in [0.05, 0.1) is 22.8 Å². The number of pyridine rings is 1. The van der Waals surface area contributed by atoms with Crippen molar-refractivity contribution in [1.29, 1.82) is 0 Å². The maximum atomic E-state index is 6.29. The number of hydrogen-bond donors (Lipinski definition) is 0. The Morgan fingerprint density at radius 3 is 1.63 bits per heavy atom. The maximum Gasteiger partial charge on any atom is 0.136 e. The third kappa shape index (κ3) is 4.55. The molecule has 43 heavy (non-hydrogen) atoms. The summed E-state index contributed by atoms with van der Waals surface area (Å²) in [6.07, 6.45) is 3.68. The lowest BCUT2D eigenvalue weighted by molar-refractivity contribution is 0.669. The Morgan fingerprint density at radius 2 is 0.930 bits per heavy atom. The van der Waals surface area contributed by atoms with E-state index in [4.69, 9.17) is 14.4 Å². The monoisotopic (exact) mass is 551 g/mol. The van der Waals surface area contributed by atoms with E-state index in [0.29, 0.717) is 0 Å². The van der Waals surface area contributed by atoms with Crippen molar-refractivity contribution in [3.05, 3.63) is 152 Å². The third-order valence-electron chi connectivity index (χ3n) is 7.77. The lowest BCUT2D eigenvalue weighted by atomic mass is 9.97. The number of nitrogens with zero attached hydrogens (tertiary/aromatic N) is 3. The Balaban J connectivity index is 1.41. The Hall–Kier alpha value is -5.87. The van der Waals surface area contributed by atoms with Gasteiger partial charge >= 0.3 is 0 Å². The van der Waals surface area contributed by atoms with E-state index in [0.717, 1.165) is 78.1 Å². The van der Waals surface area contributed by atoms with E-state index in [1.54, 1.807) is 6.20 Å². The van der Waals surface area contributed by atoms with Crippen LogP contribution in [0.5, 0.6) is 0 Å². The second-order valence-electron chi connectivity index (χ2n) is 10.5. The Labute approximate surface area is 249 Å². The standard InChI is InChI=1S/C39H25N3O/c1-3-11-26(12-4-1)36-37(27-13-5-2-6-14-27)42-39(30-20-21-33-32-18-7-8-19-34(32)43-35(33)24-30)38(41-36)29-16-9-15-28(23-29)31-17-10-22-40-25-31/h1-25H. The van der Waals surface area contributed by atoms with Crippen molar-refractivity contribution in [3.63, 3.8) is 0 Å². The van der Waals surface area contributed by atoms with Crippen LogP contribution in [-0.2, 0) is 0 Å². The SMILES string of the molecule is c1ccc(-c2nc(-c3cccc(-c4cccnc4)c3)c(-c3ccc4c(c3)oc3ccccc34)nc2-c2ccccc2)cc1. The molecule has 0 saturated carbocycles. The second-order valence-corrected chi connectivity index (χ2v) is 10.5. The molecule has 0 N–H and O–H groups in total. The van der Waals surface area contributed by atoms with Crippen LogP contribution in [0.15, 0.2) is 156 Å². The molecule has 0 fully saturated rings. The molecule has 0 aliphatic carbocycles. The molecule has 3 aromatic heterocycles. The predicted molar refractivity (Wildman–Crippen MR) is 174 cm³/mol. The molecule has 0 bridgehead atoms. The highest BCUT2D eigenvalue weighted by atomic mass is 16.3. The van der Waals surface area contributed by atoms with Crippen LogP contribution in [0.25, 0.3) is 78.1 Å². The maximum absolute atomic E-state index is 6.29. The van der Waals surface area contributed by atoms with Gasteiger partial charge in [0.25, 0.3) is 0 Å². The molecule has 8 aromatic rings. The van der Waals surface area contributed by atoms with E-state index < -0.39 is 0 Å². The highest BCUT2D eigenvalue weighted by Crippen LogP contribution is 2.39. The zero-order chi connectivity index (χ0) is 28.6. The number of benzene rings is 5. The molecule has 0 amide bonds. The van der Waals surface area contributed by atoms with Crippen molar-refractivity contribution < 1.29 is 4.42 Å². The third-order valence-corrected chi connectivity index (χ3v) is 7.77. The van der Waals surface area contributed by atoms with Crippen molar-refractivity contribution in [2.45, 2.75) is 0 Å². The molecular weight excluding hydrogens is 526 g/mol. The molecule has 0 radical (unpaired) electrons. The average molecular weight is 552 g/mol. The minimum Gasteiger partial charge on any atom is -0.456 e. The molecule has 3 heterocycles. The molecule has 0 atom stereocenters. The zero-order valence-electron chi connectivity index (χ0n) is 23.2. The van der Waals surface area contributed by atoms with Crippen molar-refractivity contribution in [3.8, 4) is 56.2 Å². The van der Waals surface area contributed by atoms with E-state index >= 15 is 0 Å². The summed E-state index contributed by atoms with van der Waals surface area (Å²) in [5.74, 6) is 0. The van der Waals surface area contributed by atoms with Gasteiger partial charge in [0, 0.05) is 51.0 Å². The zero-order valence-corrected chi connectivity index (χ0v) is 23.2. The fourth-order valence-electron chi connectivity index (χ4n) is 5.69. The van der Waals surface area contributed by atoms with Crippen molar-refractivity contribution in [2.75, 3.05) is 0 Å². The number of rotatable bonds is 5. The summed E-state index contributed by atoms with van der Waals surface area (Å²) in [5, 5.41) is 2.18. The van der Waals surface area contributed by atoms with Crippen LogP contribution in [0.2, 0.25) is 0 Å². The van der Waals surface area contributed by atoms with Gasteiger partial charge in [-0.05, 0) is 35.9 Å². The molecule has 4 heteroatoms. The topological polar surface area (TPSA) is 51.8 Å². The van der Waals surface area contributed by atoms with E-state index in [9.17, 15) is 0 Å². The Kier molecular flexibility index (Phi) is 6.08. The van der Waals surface area contributed by atoms with Crippen LogP contribution in [-0.4, -0.2) is 15.0 Å². The Bertz CT molecular complexity index is 2220. The first-order valence-corrected chi connectivity index (χ1v) is 14.3. The summed E-state index contributed by atoms with van der Waals surface area (Å²) in [6, 6.07) is 47.5. The van der Waals surface area contributed by atoms with Gasteiger partial charge in [-0.25, -0.2) is 9.97 Å². The van der Waals surface area contributed by atoms with Crippen LogP contribution >= 0.6 is 0 Å². The van der Waals surface area contributed by atoms with Gasteiger partial charge in [0.2, 0.25) is 0 Å². The van der Waals surface area contributed by atoms with Gasteiger partial charge in [-0.2, -0.15) is 0 Å². The molecule has 0 saturated heterocycles. The van der Waals surface area contributed by atoms with Crippen LogP contribution < -0.4 is 0 Å². The van der Waals surface area contributed by atoms with E-state index in [-0.39, 0.29) is 0 Å². The highest BCUT2D eigenvalue weighted by Gasteiger charge is 2.20.